The lowest BCUT2D eigenvalue weighted by molar-refractivity contribution is -0.143. The average molecular weight is 357 g/mol. The predicted molar refractivity (Wildman–Crippen MR) is 86.3 cm³/mol. The molecule has 1 aromatic carbocycles. The summed E-state index contributed by atoms with van der Waals surface area (Å²) in [4.78, 5) is 23.2. The highest BCUT2D eigenvalue weighted by molar-refractivity contribution is 9.10. The Morgan fingerprint density at radius 1 is 1.19 bits per heavy atom. The van der Waals surface area contributed by atoms with Crippen LogP contribution in [0.25, 0.3) is 0 Å². The third-order valence-electron chi connectivity index (χ3n) is 3.11. The van der Waals surface area contributed by atoms with E-state index in [9.17, 15) is 14.7 Å². The van der Waals surface area contributed by atoms with E-state index in [1.807, 2.05) is 26.0 Å². The van der Waals surface area contributed by atoms with Gasteiger partial charge in [0, 0.05) is 16.2 Å². The summed E-state index contributed by atoms with van der Waals surface area (Å²) in [5, 5.41) is 14.6. The van der Waals surface area contributed by atoms with Gasteiger partial charge >= 0.3 is 12.0 Å². The fourth-order valence-corrected chi connectivity index (χ4v) is 2.30. The molecule has 0 aliphatic carbocycles. The fourth-order valence-electron chi connectivity index (χ4n) is 2.03. The third-order valence-corrected chi connectivity index (χ3v) is 3.64. The Bertz CT molecular complexity index is 488. The van der Waals surface area contributed by atoms with Crippen molar-refractivity contribution in [3.63, 3.8) is 0 Å². The third kappa shape index (κ3) is 6.16. The van der Waals surface area contributed by atoms with Crippen LogP contribution < -0.4 is 10.6 Å². The molecule has 116 valence electrons. The lowest BCUT2D eigenvalue weighted by Gasteiger charge is -2.23. The highest BCUT2D eigenvalue weighted by atomic mass is 79.9. The number of amides is 2. The summed E-state index contributed by atoms with van der Waals surface area (Å²) < 4.78 is 0.921. The number of carbonyl (C=O) groups is 2. The SMILES string of the molecule is CC(C)C[C@H](C(=O)O)[C@@H](C)NC(=O)Nc1ccc(Br)cc1. The number of carboxylic acids is 1. The van der Waals surface area contributed by atoms with Gasteiger partial charge in [-0.2, -0.15) is 0 Å². The minimum atomic E-state index is -0.889. The Morgan fingerprint density at radius 3 is 2.24 bits per heavy atom. The number of hydrogen-bond acceptors (Lipinski definition) is 2. The Labute approximate surface area is 133 Å². The summed E-state index contributed by atoms with van der Waals surface area (Å²) in [6, 6.07) is 6.31. The molecule has 0 radical (unpaired) electrons. The van der Waals surface area contributed by atoms with E-state index in [1.54, 1.807) is 19.1 Å². The lowest BCUT2D eigenvalue weighted by Crippen LogP contribution is -2.43. The van der Waals surface area contributed by atoms with Crippen LogP contribution in [0.3, 0.4) is 0 Å². The van der Waals surface area contributed by atoms with Crippen LogP contribution in [0, 0.1) is 11.8 Å². The van der Waals surface area contributed by atoms with Crippen LogP contribution in [0.1, 0.15) is 27.2 Å². The number of urea groups is 1. The van der Waals surface area contributed by atoms with Gasteiger partial charge in [0.1, 0.15) is 0 Å². The zero-order valence-corrected chi connectivity index (χ0v) is 14.0. The van der Waals surface area contributed by atoms with E-state index in [1.165, 1.54) is 0 Å². The van der Waals surface area contributed by atoms with Gasteiger partial charge in [-0.1, -0.05) is 29.8 Å². The minimum Gasteiger partial charge on any atom is -0.481 e. The summed E-state index contributed by atoms with van der Waals surface area (Å²) in [7, 11) is 0. The molecule has 2 atom stereocenters. The molecule has 3 N–H and O–H groups in total. The molecule has 21 heavy (non-hydrogen) atoms. The number of anilines is 1. The highest BCUT2D eigenvalue weighted by Crippen LogP contribution is 2.17. The van der Waals surface area contributed by atoms with E-state index in [4.69, 9.17) is 0 Å². The average Bonchev–Trinajstić information content (AvgIpc) is 2.38. The van der Waals surface area contributed by atoms with Gasteiger partial charge in [-0.05, 0) is 43.5 Å². The Hall–Kier alpha value is -1.56. The first-order valence-corrected chi connectivity index (χ1v) is 7.64. The van der Waals surface area contributed by atoms with Gasteiger partial charge in [0.15, 0.2) is 0 Å². The Morgan fingerprint density at radius 2 is 1.76 bits per heavy atom. The van der Waals surface area contributed by atoms with Crippen molar-refractivity contribution in [3.05, 3.63) is 28.7 Å². The van der Waals surface area contributed by atoms with Crippen molar-refractivity contribution < 1.29 is 14.7 Å². The molecule has 2 amide bonds. The lowest BCUT2D eigenvalue weighted by atomic mass is 9.91. The number of aliphatic carboxylic acids is 1. The van der Waals surface area contributed by atoms with Gasteiger partial charge in [-0.3, -0.25) is 4.79 Å². The summed E-state index contributed by atoms with van der Waals surface area (Å²) in [6.07, 6.45) is 0.523. The minimum absolute atomic E-state index is 0.255. The Kier molecular flexibility index (Phi) is 6.68. The standard InChI is InChI=1S/C15H21BrN2O3/c1-9(2)8-13(14(19)20)10(3)17-15(21)18-12-6-4-11(16)5-7-12/h4-7,9-10,13H,8H2,1-3H3,(H,19,20)(H2,17,18,21)/t10-,13+/m1/s1. The van der Waals surface area contributed by atoms with Crippen molar-refractivity contribution in [2.45, 2.75) is 33.2 Å². The molecule has 0 bridgehead atoms. The van der Waals surface area contributed by atoms with Crippen molar-refractivity contribution in [1.29, 1.82) is 0 Å². The summed E-state index contributed by atoms with van der Waals surface area (Å²) >= 11 is 3.32. The monoisotopic (exact) mass is 356 g/mol. The van der Waals surface area contributed by atoms with Crippen molar-refractivity contribution >= 4 is 33.6 Å². The first-order chi connectivity index (χ1) is 9.79. The van der Waals surface area contributed by atoms with Crippen LogP contribution in [-0.4, -0.2) is 23.1 Å². The number of carbonyl (C=O) groups excluding carboxylic acids is 1. The second-order valence-electron chi connectivity index (χ2n) is 5.47. The number of hydrogen-bond donors (Lipinski definition) is 3. The van der Waals surface area contributed by atoms with E-state index >= 15 is 0 Å². The molecule has 0 saturated carbocycles. The molecule has 1 rings (SSSR count). The zero-order valence-electron chi connectivity index (χ0n) is 12.4. The van der Waals surface area contributed by atoms with Gasteiger partial charge in [0.2, 0.25) is 0 Å². The molecule has 0 unspecified atom stereocenters. The normalized spacial score (nSPS) is 13.6. The summed E-state index contributed by atoms with van der Waals surface area (Å²) in [6.45, 7) is 5.64. The number of rotatable bonds is 6. The van der Waals surface area contributed by atoms with E-state index < -0.39 is 24.0 Å². The van der Waals surface area contributed by atoms with Crippen molar-refractivity contribution in [2.24, 2.45) is 11.8 Å². The van der Waals surface area contributed by atoms with Crippen LogP contribution in [-0.2, 0) is 4.79 Å². The molecule has 0 aliphatic heterocycles. The first kappa shape index (κ1) is 17.5. The van der Waals surface area contributed by atoms with E-state index in [2.05, 4.69) is 26.6 Å². The molecule has 6 heteroatoms. The molecule has 0 aromatic heterocycles. The van der Waals surface area contributed by atoms with Gasteiger partial charge in [0.25, 0.3) is 0 Å². The maximum Gasteiger partial charge on any atom is 0.319 e. The molecule has 5 nitrogen and oxygen atoms in total. The quantitative estimate of drug-likeness (QED) is 0.726. The molecule has 1 aromatic rings. The Balaban J connectivity index is 2.59. The molecular weight excluding hydrogens is 336 g/mol. The molecule has 0 saturated heterocycles. The van der Waals surface area contributed by atoms with Crippen LogP contribution in [0.4, 0.5) is 10.5 Å². The molecule has 0 heterocycles. The second kappa shape index (κ2) is 8.02. The number of halogens is 1. The van der Waals surface area contributed by atoms with Gasteiger partial charge < -0.3 is 15.7 Å². The van der Waals surface area contributed by atoms with E-state index in [0.717, 1.165) is 4.47 Å². The fraction of sp³-hybridized carbons (Fsp3) is 0.467. The highest BCUT2D eigenvalue weighted by Gasteiger charge is 2.26. The predicted octanol–water partition coefficient (Wildman–Crippen LogP) is 3.71. The van der Waals surface area contributed by atoms with E-state index in [0.29, 0.717) is 12.1 Å². The number of nitrogens with one attached hydrogen (secondary N) is 2. The topological polar surface area (TPSA) is 78.4 Å². The van der Waals surface area contributed by atoms with Gasteiger partial charge in [-0.15, -0.1) is 0 Å². The number of benzene rings is 1. The molecule has 0 spiro atoms. The van der Waals surface area contributed by atoms with Gasteiger partial charge in [-0.25, -0.2) is 4.79 Å². The maximum absolute atomic E-state index is 11.9. The summed E-state index contributed by atoms with van der Waals surface area (Å²) in [5.41, 5.74) is 0.652. The smallest absolute Gasteiger partial charge is 0.319 e. The molecule has 0 fully saturated rings. The van der Waals surface area contributed by atoms with Crippen molar-refractivity contribution in [3.8, 4) is 0 Å². The molecular formula is C15H21BrN2O3. The maximum atomic E-state index is 11.9. The van der Waals surface area contributed by atoms with Crippen LogP contribution in [0.5, 0.6) is 0 Å². The number of carboxylic acid groups (broad SMARTS) is 1. The first-order valence-electron chi connectivity index (χ1n) is 6.85. The van der Waals surface area contributed by atoms with Crippen molar-refractivity contribution in [2.75, 3.05) is 5.32 Å². The summed E-state index contributed by atoms with van der Waals surface area (Å²) in [5.74, 6) is -1.23. The second-order valence-corrected chi connectivity index (χ2v) is 6.38. The van der Waals surface area contributed by atoms with Crippen molar-refractivity contribution in [1.82, 2.24) is 5.32 Å². The molecule has 0 aliphatic rings. The van der Waals surface area contributed by atoms with Crippen LogP contribution >= 0.6 is 15.9 Å². The zero-order chi connectivity index (χ0) is 16.0. The largest absolute Gasteiger partial charge is 0.481 e. The van der Waals surface area contributed by atoms with Crippen LogP contribution in [0.15, 0.2) is 28.7 Å². The van der Waals surface area contributed by atoms with Gasteiger partial charge in [0.05, 0.1) is 5.92 Å². The van der Waals surface area contributed by atoms with Crippen LogP contribution in [0.2, 0.25) is 0 Å². The van der Waals surface area contributed by atoms with E-state index in [-0.39, 0.29) is 5.92 Å².